The number of aryl methyl sites for hydroxylation is 1. The van der Waals surface area contributed by atoms with Gasteiger partial charge in [0.2, 0.25) is 0 Å². The van der Waals surface area contributed by atoms with Gasteiger partial charge < -0.3 is 10.4 Å². The lowest BCUT2D eigenvalue weighted by Crippen LogP contribution is -2.07. The number of nitrogens with zero attached hydrogens (tertiary/aromatic N) is 3. The van der Waals surface area contributed by atoms with E-state index in [9.17, 15) is 9.90 Å². The quantitative estimate of drug-likeness (QED) is 0.751. The van der Waals surface area contributed by atoms with Gasteiger partial charge in [0, 0.05) is 24.5 Å². The average molecular weight is 320 g/mol. The molecule has 0 amide bonds. The minimum atomic E-state index is -0.927. The molecule has 6 nitrogen and oxygen atoms in total. The molecule has 3 heterocycles. The first-order valence-corrected chi connectivity index (χ1v) is 7.96. The Morgan fingerprint density at radius 1 is 1.38 bits per heavy atom. The van der Waals surface area contributed by atoms with Gasteiger partial charge in [-0.2, -0.15) is 0 Å². The molecule has 0 spiro atoms. The number of carbonyl (C=O) groups is 1. The summed E-state index contributed by atoms with van der Waals surface area (Å²) < 4.78 is 0. The van der Waals surface area contributed by atoms with Crippen molar-refractivity contribution in [1.82, 2.24) is 15.0 Å². The number of fused-ring (bicyclic) bond motifs is 1. The minimum Gasteiger partial charge on any atom is -0.477 e. The maximum atomic E-state index is 11.2. The van der Waals surface area contributed by atoms with Crippen molar-refractivity contribution in [2.75, 3.05) is 11.9 Å². The van der Waals surface area contributed by atoms with Gasteiger partial charge in [0.1, 0.15) is 21.9 Å². The molecule has 8 heteroatoms. The van der Waals surface area contributed by atoms with Crippen molar-refractivity contribution in [3.63, 3.8) is 0 Å². The van der Waals surface area contributed by atoms with Gasteiger partial charge in [0.25, 0.3) is 0 Å². The van der Waals surface area contributed by atoms with Gasteiger partial charge >= 0.3 is 5.97 Å². The van der Waals surface area contributed by atoms with Gasteiger partial charge in [0.05, 0.1) is 10.4 Å². The Morgan fingerprint density at radius 3 is 2.95 bits per heavy atom. The maximum absolute atomic E-state index is 11.2. The van der Waals surface area contributed by atoms with Crippen LogP contribution in [0, 0.1) is 6.92 Å². The third-order valence-electron chi connectivity index (χ3n) is 3.04. The van der Waals surface area contributed by atoms with Crippen molar-refractivity contribution >= 4 is 44.7 Å². The Morgan fingerprint density at radius 2 is 2.24 bits per heavy atom. The van der Waals surface area contributed by atoms with Crippen molar-refractivity contribution in [2.24, 2.45) is 0 Å². The Kier molecular flexibility index (Phi) is 3.80. The summed E-state index contributed by atoms with van der Waals surface area (Å²) in [7, 11) is 0. The lowest BCUT2D eigenvalue weighted by molar-refractivity contribution is 0.0701. The standard InChI is InChI=1S/C13H12N4O2S2/c1-7-9-11(15-3-2-8-14-4-5-20-8)16-6-17-12(9)21-10(7)13(18)19/h4-6H,2-3H2,1H3,(H,18,19)(H,15,16,17). The maximum Gasteiger partial charge on any atom is 0.346 e. The molecule has 21 heavy (non-hydrogen) atoms. The van der Waals surface area contributed by atoms with E-state index in [1.807, 2.05) is 5.38 Å². The number of thiophene rings is 1. The normalized spacial score (nSPS) is 10.9. The van der Waals surface area contributed by atoms with E-state index in [2.05, 4.69) is 20.3 Å². The van der Waals surface area contributed by atoms with E-state index in [4.69, 9.17) is 0 Å². The van der Waals surface area contributed by atoms with Crippen LogP contribution in [0.1, 0.15) is 20.2 Å². The number of nitrogens with one attached hydrogen (secondary N) is 1. The molecule has 0 radical (unpaired) electrons. The lowest BCUT2D eigenvalue weighted by atomic mass is 10.2. The number of rotatable bonds is 5. The van der Waals surface area contributed by atoms with Crippen molar-refractivity contribution < 1.29 is 9.90 Å². The van der Waals surface area contributed by atoms with E-state index in [-0.39, 0.29) is 0 Å². The Hall–Kier alpha value is -2.06. The van der Waals surface area contributed by atoms with Gasteiger partial charge in [-0.05, 0) is 12.5 Å². The molecular weight excluding hydrogens is 308 g/mol. The molecule has 0 fully saturated rings. The van der Waals surface area contributed by atoms with Crippen molar-refractivity contribution in [1.29, 1.82) is 0 Å². The van der Waals surface area contributed by atoms with Crippen molar-refractivity contribution in [3.8, 4) is 0 Å². The molecule has 0 atom stereocenters. The van der Waals surface area contributed by atoms with Crippen LogP contribution in [0.5, 0.6) is 0 Å². The highest BCUT2D eigenvalue weighted by Gasteiger charge is 2.18. The van der Waals surface area contributed by atoms with E-state index in [0.717, 1.165) is 16.8 Å². The second kappa shape index (κ2) is 5.74. The van der Waals surface area contributed by atoms with E-state index < -0.39 is 5.97 Å². The van der Waals surface area contributed by atoms with E-state index in [0.29, 0.717) is 27.6 Å². The fourth-order valence-corrected chi connectivity index (χ4v) is 3.68. The number of aromatic nitrogens is 3. The van der Waals surface area contributed by atoms with Crippen molar-refractivity contribution in [3.05, 3.63) is 33.4 Å². The summed E-state index contributed by atoms with van der Waals surface area (Å²) in [5, 5.41) is 16.2. The van der Waals surface area contributed by atoms with Crippen LogP contribution in [-0.2, 0) is 6.42 Å². The zero-order valence-corrected chi connectivity index (χ0v) is 12.8. The summed E-state index contributed by atoms with van der Waals surface area (Å²) >= 11 is 2.79. The number of aromatic carboxylic acids is 1. The second-order valence-electron chi connectivity index (χ2n) is 4.37. The summed E-state index contributed by atoms with van der Waals surface area (Å²) in [6.45, 7) is 2.48. The van der Waals surface area contributed by atoms with Crippen LogP contribution < -0.4 is 5.32 Å². The predicted octanol–water partition coefficient (Wildman–Crippen LogP) is 2.81. The van der Waals surface area contributed by atoms with Crippen LogP contribution in [0.25, 0.3) is 10.2 Å². The van der Waals surface area contributed by atoms with E-state index >= 15 is 0 Å². The van der Waals surface area contributed by atoms with Gasteiger partial charge in [-0.15, -0.1) is 22.7 Å². The zero-order valence-electron chi connectivity index (χ0n) is 11.2. The Bertz CT molecular complexity index is 783. The highest BCUT2D eigenvalue weighted by Crippen LogP contribution is 2.33. The van der Waals surface area contributed by atoms with Crippen molar-refractivity contribution in [2.45, 2.75) is 13.3 Å². The molecule has 108 valence electrons. The molecule has 0 saturated heterocycles. The Labute approximate surface area is 128 Å². The minimum absolute atomic E-state index is 0.313. The lowest BCUT2D eigenvalue weighted by Gasteiger charge is -2.06. The number of hydrogen-bond donors (Lipinski definition) is 2. The third kappa shape index (κ3) is 2.72. The predicted molar refractivity (Wildman–Crippen MR) is 83.4 cm³/mol. The highest BCUT2D eigenvalue weighted by molar-refractivity contribution is 7.20. The average Bonchev–Trinajstić information content (AvgIpc) is 3.07. The monoisotopic (exact) mass is 320 g/mol. The number of anilines is 1. The second-order valence-corrected chi connectivity index (χ2v) is 6.34. The molecule has 0 saturated carbocycles. The van der Waals surface area contributed by atoms with Gasteiger partial charge in [-0.25, -0.2) is 19.7 Å². The largest absolute Gasteiger partial charge is 0.477 e. The summed E-state index contributed by atoms with van der Waals surface area (Å²) in [4.78, 5) is 24.8. The van der Waals surface area contributed by atoms with Crippen LogP contribution in [0.3, 0.4) is 0 Å². The molecular formula is C13H12N4O2S2. The fraction of sp³-hybridized carbons (Fsp3) is 0.231. The van der Waals surface area contributed by atoms with E-state index in [1.165, 1.54) is 17.7 Å². The molecule has 0 aliphatic rings. The first-order chi connectivity index (χ1) is 10.2. The van der Waals surface area contributed by atoms with Crippen LogP contribution in [0.4, 0.5) is 5.82 Å². The topological polar surface area (TPSA) is 88.0 Å². The summed E-state index contributed by atoms with van der Waals surface area (Å²) in [5.41, 5.74) is 0.708. The molecule has 0 aliphatic carbocycles. The van der Waals surface area contributed by atoms with Gasteiger partial charge in [-0.1, -0.05) is 0 Å². The smallest absolute Gasteiger partial charge is 0.346 e. The number of carboxylic acid groups (broad SMARTS) is 1. The molecule has 0 aromatic carbocycles. The number of hydrogen-bond acceptors (Lipinski definition) is 7. The first kappa shape index (κ1) is 13.9. The van der Waals surface area contributed by atoms with Crippen LogP contribution >= 0.6 is 22.7 Å². The summed E-state index contributed by atoms with van der Waals surface area (Å²) in [5.74, 6) is -0.248. The van der Waals surface area contributed by atoms with Gasteiger partial charge in [0.15, 0.2) is 0 Å². The van der Waals surface area contributed by atoms with Gasteiger partial charge in [-0.3, -0.25) is 0 Å². The molecule has 3 rings (SSSR count). The molecule has 3 aromatic rings. The number of thiazole rings is 1. The number of carboxylic acids is 1. The Balaban J connectivity index is 1.86. The highest BCUT2D eigenvalue weighted by atomic mass is 32.1. The van der Waals surface area contributed by atoms with Crippen LogP contribution in [0.2, 0.25) is 0 Å². The molecule has 2 N–H and O–H groups in total. The molecule has 0 aliphatic heterocycles. The fourth-order valence-electron chi connectivity index (χ4n) is 2.07. The third-order valence-corrected chi connectivity index (χ3v) is 5.06. The molecule has 3 aromatic heterocycles. The summed E-state index contributed by atoms with van der Waals surface area (Å²) in [6, 6.07) is 0. The first-order valence-electron chi connectivity index (χ1n) is 6.26. The summed E-state index contributed by atoms with van der Waals surface area (Å²) in [6.07, 6.45) is 4.04. The molecule has 0 bridgehead atoms. The van der Waals surface area contributed by atoms with Crippen LogP contribution in [0.15, 0.2) is 17.9 Å². The van der Waals surface area contributed by atoms with Crippen LogP contribution in [-0.4, -0.2) is 32.6 Å². The van der Waals surface area contributed by atoms with E-state index in [1.54, 1.807) is 24.5 Å². The zero-order chi connectivity index (χ0) is 14.8. The molecule has 0 unspecified atom stereocenters. The SMILES string of the molecule is Cc1c(C(=O)O)sc2ncnc(NCCc3nccs3)c12.